The summed E-state index contributed by atoms with van der Waals surface area (Å²) in [6, 6.07) is 20.4. The van der Waals surface area contributed by atoms with Crippen molar-refractivity contribution in [2.75, 3.05) is 13.2 Å². The standard InChI is InChI=1S/C29H31BN2O4/c1-28(2)29(3,4)36-30(35-28)20-15-16-21(32-18-20)10-9-17-31-27(33)34-19-26-24-13-7-5-11-22(24)23-12-6-8-14-25(23)26/h5-16,18,26H,17,19H2,1-4H3,(H,31,33). The first kappa shape index (κ1) is 24.3. The van der Waals surface area contributed by atoms with Crippen molar-refractivity contribution in [1.82, 2.24) is 10.3 Å². The molecule has 0 unspecified atom stereocenters. The summed E-state index contributed by atoms with van der Waals surface area (Å²) in [6.07, 6.45) is 5.03. The van der Waals surface area contributed by atoms with Gasteiger partial charge in [0.25, 0.3) is 0 Å². The Bertz CT molecular complexity index is 1220. The Morgan fingerprint density at radius 1 is 0.972 bits per heavy atom. The third kappa shape index (κ3) is 4.69. The Kier molecular flexibility index (Phi) is 6.45. The third-order valence-electron chi connectivity index (χ3n) is 7.33. The molecule has 0 atom stereocenters. The number of carbonyl (C=O) groups is 1. The fraction of sp³-hybridized carbons (Fsp3) is 0.310. The highest BCUT2D eigenvalue weighted by atomic mass is 16.7. The van der Waals surface area contributed by atoms with E-state index >= 15 is 0 Å². The number of nitrogens with zero attached hydrogens (tertiary/aromatic N) is 1. The zero-order valence-corrected chi connectivity index (χ0v) is 21.2. The van der Waals surface area contributed by atoms with Crippen LogP contribution in [0.1, 0.15) is 50.4 Å². The van der Waals surface area contributed by atoms with Gasteiger partial charge in [-0.3, -0.25) is 4.98 Å². The van der Waals surface area contributed by atoms with Gasteiger partial charge in [0.15, 0.2) is 0 Å². The predicted molar refractivity (Wildman–Crippen MR) is 142 cm³/mol. The van der Waals surface area contributed by atoms with Crippen molar-refractivity contribution in [3.63, 3.8) is 0 Å². The minimum absolute atomic E-state index is 0.0467. The molecule has 2 aromatic carbocycles. The Balaban J connectivity index is 1.11. The quantitative estimate of drug-likeness (QED) is 0.505. The first-order valence-electron chi connectivity index (χ1n) is 12.3. The maximum absolute atomic E-state index is 12.3. The molecule has 0 spiro atoms. The van der Waals surface area contributed by atoms with Gasteiger partial charge in [0.2, 0.25) is 0 Å². The number of pyridine rings is 1. The summed E-state index contributed by atoms with van der Waals surface area (Å²) in [5, 5.41) is 2.78. The molecule has 1 saturated heterocycles. The molecule has 0 saturated carbocycles. The summed E-state index contributed by atoms with van der Waals surface area (Å²) in [6.45, 7) is 8.76. The highest BCUT2D eigenvalue weighted by molar-refractivity contribution is 6.62. The zero-order chi connectivity index (χ0) is 25.3. The lowest BCUT2D eigenvalue weighted by atomic mass is 9.80. The van der Waals surface area contributed by atoms with Crippen LogP contribution in [0.3, 0.4) is 0 Å². The maximum Gasteiger partial charge on any atom is 0.496 e. The number of carbonyl (C=O) groups excluding carboxylic acids is 1. The van der Waals surface area contributed by atoms with Crippen LogP contribution in [0, 0.1) is 0 Å². The van der Waals surface area contributed by atoms with Crippen LogP contribution in [0.15, 0.2) is 72.9 Å². The average molecular weight is 482 g/mol. The van der Waals surface area contributed by atoms with E-state index in [-0.39, 0.29) is 17.1 Å². The molecule has 1 aromatic heterocycles. The monoisotopic (exact) mass is 482 g/mol. The molecule has 1 fully saturated rings. The van der Waals surface area contributed by atoms with Crippen LogP contribution >= 0.6 is 0 Å². The Labute approximate surface area is 212 Å². The number of ether oxygens (including phenoxy) is 1. The smallest absolute Gasteiger partial charge is 0.449 e. The van der Waals surface area contributed by atoms with Gasteiger partial charge in [-0.15, -0.1) is 0 Å². The van der Waals surface area contributed by atoms with Crippen LogP contribution in [0.4, 0.5) is 4.79 Å². The summed E-state index contributed by atoms with van der Waals surface area (Å²) < 4.78 is 17.7. The van der Waals surface area contributed by atoms with E-state index in [4.69, 9.17) is 14.0 Å². The number of fused-ring (bicyclic) bond motifs is 3. The van der Waals surface area contributed by atoms with E-state index in [1.165, 1.54) is 22.3 Å². The number of amides is 1. The molecule has 0 radical (unpaired) electrons. The largest absolute Gasteiger partial charge is 0.496 e. The minimum Gasteiger partial charge on any atom is -0.449 e. The molecule has 1 N–H and O–H groups in total. The van der Waals surface area contributed by atoms with E-state index in [0.717, 1.165) is 11.2 Å². The van der Waals surface area contributed by atoms with Crippen molar-refractivity contribution in [2.45, 2.75) is 44.8 Å². The summed E-state index contributed by atoms with van der Waals surface area (Å²) >= 11 is 0. The number of nitrogens with one attached hydrogen (secondary N) is 1. The first-order valence-corrected chi connectivity index (χ1v) is 12.3. The maximum atomic E-state index is 12.3. The van der Waals surface area contributed by atoms with E-state index < -0.39 is 13.2 Å². The van der Waals surface area contributed by atoms with E-state index in [2.05, 4.69) is 34.6 Å². The summed E-state index contributed by atoms with van der Waals surface area (Å²) in [7, 11) is -0.434. The van der Waals surface area contributed by atoms with Crippen LogP contribution in [0.5, 0.6) is 0 Å². The number of hydrogen-bond acceptors (Lipinski definition) is 5. The van der Waals surface area contributed by atoms with Crippen molar-refractivity contribution in [1.29, 1.82) is 0 Å². The van der Waals surface area contributed by atoms with E-state index in [9.17, 15) is 4.79 Å². The molecule has 1 amide bonds. The van der Waals surface area contributed by atoms with Gasteiger partial charge < -0.3 is 19.4 Å². The molecule has 3 aromatic rings. The lowest BCUT2D eigenvalue weighted by molar-refractivity contribution is 0.00578. The fourth-order valence-corrected chi connectivity index (χ4v) is 4.61. The summed E-state index contributed by atoms with van der Waals surface area (Å²) in [5.41, 5.74) is 5.70. The fourth-order valence-electron chi connectivity index (χ4n) is 4.61. The van der Waals surface area contributed by atoms with E-state index in [1.54, 1.807) is 6.20 Å². The van der Waals surface area contributed by atoms with Crippen molar-refractivity contribution in [2.24, 2.45) is 0 Å². The molecule has 2 heterocycles. The molecular formula is C29H31BN2O4. The number of aromatic nitrogens is 1. The molecular weight excluding hydrogens is 451 g/mol. The van der Waals surface area contributed by atoms with E-state index in [0.29, 0.717) is 13.2 Å². The van der Waals surface area contributed by atoms with Gasteiger partial charge in [-0.25, -0.2) is 4.79 Å². The second kappa shape index (κ2) is 9.56. The number of benzene rings is 2. The molecule has 0 bridgehead atoms. The first-order chi connectivity index (χ1) is 17.2. The van der Waals surface area contributed by atoms with Gasteiger partial charge in [-0.05, 0) is 62.1 Å². The molecule has 1 aliphatic heterocycles. The van der Waals surface area contributed by atoms with Crippen LogP contribution in [0.25, 0.3) is 17.2 Å². The highest BCUT2D eigenvalue weighted by Gasteiger charge is 2.51. The molecule has 7 heteroatoms. The number of alkyl carbamates (subject to hydrolysis) is 1. The van der Waals surface area contributed by atoms with E-state index in [1.807, 2.05) is 76.2 Å². The normalized spacial score (nSPS) is 17.7. The van der Waals surface area contributed by atoms with Crippen LogP contribution < -0.4 is 10.8 Å². The Morgan fingerprint density at radius 3 is 2.17 bits per heavy atom. The second-order valence-electron chi connectivity index (χ2n) is 10.2. The number of hydrogen-bond donors (Lipinski definition) is 1. The van der Waals surface area contributed by atoms with Gasteiger partial charge in [0.05, 0.1) is 16.9 Å². The second-order valence-corrected chi connectivity index (χ2v) is 10.2. The number of rotatable bonds is 6. The molecule has 184 valence electrons. The van der Waals surface area contributed by atoms with Crippen LogP contribution in [-0.4, -0.2) is 42.5 Å². The lowest BCUT2D eigenvalue weighted by Gasteiger charge is -2.32. The average Bonchev–Trinajstić information content (AvgIpc) is 3.30. The molecule has 6 nitrogen and oxygen atoms in total. The van der Waals surface area contributed by atoms with Gasteiger partial charge in [-0.1, -0.05) is 60.7 Å². The van der Waals surface area contributed by atoms with Gasteiger partial charge in [0.1, 0.15) is 6.61 Å². The molecule has 5 rings (SSSR count). The highest BCUT2D eigenvalue weighted by Crippen LogP contribution is 2.44. The summed E-state index contributed by atoms with van der Waals surface area (Å²) in [5.74, 6) is 0.0467. The van der Waals surface area contributed by atoms with Crippen LogP contribution in [0.2, 0.25) is 0 Å². The van der Waals surface area contributed by atoms with Gasteiger partial charge in [0, 0.05) is 24.1 Å². The minimum atomic E-state index is -0.439. The van der Waals surface area contributed by atoms with Crippen molar-refractivity contribution in [3.8, 4) is 11.1 Å². The van der Waals surface area contributed by atoms with Gasteiger partial charge in [-0.2, -0.15) is 0 Å². The third-order valence-corrected chi connectivity index (χ3v) is 7.33. The molecule has 1 aliphatic carbocycles. The van der Waals surface area contributed by atoms with Crippen molar-refractivity contribution in [3.05, 3.63) is 89.8 Å². The van der Waals surface area contributed by atoms with Crippen LogP contribution in [-0.2, 0) is 14.0 Å². The zero-order valence-electron chi connectivity index (χ0n) is 21.2. The molecule has 36 heavy (non-hydrogen) atoms. The predicted octanol–water partition coefficient (Wildman–Crippen LogP) is 4.93. The van der Waals surface area contributed by atoms with Crippen molar-refractivity contribution < 1.29 is 18.8 Å². The topological polar surface area (TPSA) is 69.7 Å². The Morgan fingerprint density at radius 2 is 1.58 bits per heavy atom. The SMILES string of the molecule is CC1(C)OB(c2ccc(C=CCNC(=O)OCC3c4ccccc4-c4ccccc43)nc2)OC1(C)C. The lowest BCUT2D eigenvalue weighted by Crippen LogP contribution is -2.41. The van der Waals surface area contributed by atoms with Gasteiger partial charge >= 0.3 is 13.2 Å². The van der Waals surface area contributed by atoms with Crippen molar-refractivity contribution >= 4 is 24.8 Å². The summed E-state index contributed by atoms with van der Waals surface area (Å²) in [4.78, 5) is 16.8. The Hall–Kier alpha value is -3.42. The molecule has 2 aliphatic rings.